The van der Waals surface area contributed by atoms with Crippen molar-refractivity contribution in [3.05, 3.63) is 12.2 Å². The second kappa shape index (κ2) is 7.23. The van der Waals surface area contributed by atoms with Gasteiger partial charge in [0.25, 0.3) is 0 Å². The lowest BCUT2D eigenvalue weighted by molar-refractivity contribution is -0.134. The molecule has 0 radical (unpaired) electrons. The van der Waals surface area contributed by atoms with Gasteiger partial charge in [-0.3, -0.25) is 0 Å². The number of carbonyl (C=O) groups is 1. The Morgan fingerprint density at radius 1 is 1.53 bits per heavy atom. The van der Waals surface area contributed by atoms with Crippen LogP contribution in [0, 0.1) is 5.92 Å². The molecule has 2 nitrogen and oxygen atoms in total. The fraction of sp³-hybridized carbons (Fsp3) is 0.727. The maximum absolute atomic E-state index is 11.0. The van der Waals surface area contributed by atoms with Gasteiger partial charge in [-0.2, -0.15) is 0 Å². The average Bonchev–Trinajstić information content (AvgIpc) is 2.31. The van der Waals surface area contributed by atoms with E-state index >= 15 is 0 Å². The van der Waals surface area contributed by atoms with Gasteiger partial charge in [0, 0.05) is 6.08 Å². The van der Waals surface area contributed by atoms with Crippen LogP contribution in [-0.4, -0.2) is 29.2 Å². The Morgan fingerprint density at radius 3 is 2.73 bits per heavy atom. The van der Waals surface area contributed by atoms with Gasteiger partial charge >= 0.3 is 5.97 Å². The summed E-state index contributed by atoms with van der Waals surface area (Å²) < 4.78 is 5.21. The molecule has 1 saturated heterocycles. The predicted octanol–water partition coefficient (Wildman–Crippen LogP) is 2.94. The van der Waals surface area contributed by atoms with E-state index in [4.69, 9.17) is 0 Å². The SMILES string of the molecule is CC[C@H](/C=C\C(=O)OC)C1SCCCS1. The van der Waals surface area contributed by atoms with Crippen molar-refractivity contribution in [3.8, 4) is 0 Å². The Morgan fingerprint density at radius 2 is 2.20 bits per heavy atom. The van der Waals surface area contributed by atoms with Crippen molar-refractivity contribution in [2.24, 2.45) is 5.92 Å². The van der Waals surface area contributed by atoms with Crippen LogP contribution in [0.2, 0.25) is 0 Å². The van der Waals surface area contributed by atoms with Crippen molar-refractivity contribution in [1.82, 2.24) is 0 Å². The second-order valence-electron chi connectivity index (χ2n) is 3.42. The lowest BCUT2D eigenvalue weighted by atomic mass is 10.1. The molecule has 0 spiro atoms. The third-order valence-electron chi connectivity index (χ3n) is 2.35. The molecule has 4 heteroatoms. The Hall–Kier alpha value is -0.0900. The van der Waals surface area contributed by atoms with Crippen LogP contribution in [0.25, 0.3) is 0 Å². The number of hydrogen-bond donors (Lipinski definition) is 0. The summed E-state index contributed by atoms with van der Waals surface area (Å²) >= 11 is 4.03. The fourth-order valence-corrected chi connectivity index (χ4v) is 4.74. The summed E-state index contributed by atoms with van der Waals surface area (Å²) in [6, 6.07) is 0. The molecule has 0 aliphatic carbocycles. The molecule has 0 N–H and O–H groups in total. The van der Waals surface area contributed by atoms with E-state index in [0.29, 0.717) is 10.5 Å². The average molecular weight is 246 g/mol. The molecular weight excluding hydrogens is 228 g/mol. The molecule has 0 amide bonds. The summed E-state index contributed by atoms with van der Waals surface area (Å²) in [6.45, 7) is 2.17. The first-order chi connectivity index (χ1) is 7.27. The van der Waals surface area contributed by atoms with Gasteiger partial charge in [0.15, 0.2) is 0 Å². The topological polar surface area (TPSA) is 26.3 Å². The largest absolute Gasteiger partial charge is 0.466 e. The predicted molar refractivity (Wildman–Crippen MR) is 68.3 cm³/mol. The van der Waals surface area contributed by atoms with Gasteiger partial charge < -0.3 is 4.74 Å². The summed E-state index contributed by atoms with van der Waals surface area (Å²) in [5.74, 6) is 2.74. The smallest absolute Gasteiger partial charge is 0.330 e. The number of methoxy groups -OCH3 is 1. The molecule has 0 aromatic carbocycles. The minimum absolute atomic E-state index is 0.251. The molecular formula is C11H18O2S2. The minimum Gasteiger partial charge on any atom is -0.466 e. The number of ether oxygens (including phenoxy) is 1. The molecule has 1 atom stereocenters. The maximum atomic E-state index is 11.0. The van der Waals surface area contributed by atoms with Gasteiger partial charge in [-0.25, -0.2) is 4.79 Å². The highest BCUT2D eigenvalue weighted by molar-refractivity contribution is 8.17. The zero-order valence-corrected chi connectivity index (χ0v) is 10.9. The van der Waals surface area contributed by atoms with Crippen LogP contribution in [0.3, 0.4) is 0 Å². The molecule has 0 unspecified atom stereocenters. The van der Waals surface area contributed by atoms with E-state index in [1.807, 2.05) is 29.6 Å². The standard InChI is InChI=1S/C11H18O2S2/c1-3-9(5-6-10(12)13-2)11-14-7-4-8-15-11/h5-6,9,11H,3-4,7-8H2,1-2H3/b6-5-/t9-/m1/s1. The maximum Gasteiger partial charge on any atom is 0.330 e. The van der Waals surface area contributed by atoms with Gasteiger partial charge in [-0.05, 0) is 30.3 Å². The van der Waals surface area contributed by atoms with Crippen LogP contribution in [0.4, 0.5) is 0 Å². The Balaban J connectivity index is 2.46. The summed E-state index contributed by atoms with van der Waals surface area (Å²) in [6.07, 6.45) is 5.95. The zero-order valence-electron chi connectivity index (χ0n) is 9.27. The van der Waals surface area contributed by atoms with Crippen molar-refractivity contribution < 1.29 is 9.53 Å². The second-order valence-corrected chi connectivity index (χ2v) is 6.22. The highest BCUT2D eigenvalue weighted by Crippen LogP contribution is 2.37. The third-order valence-corrected chi connectivity index (χ3v) is 5.58. The van der Waals surface area contributed by atoms with E-state index in [-0.39, 0.29) is 5.97 Å². The lowest BCUT2D eigenvalue weighted by Gasteiger charge is -2.26. The first-order valence-corrected chi connectivity index (χ1v) is 7.37. The summed E-state index contributed by atoms with van der Waals surface area (Å²) in [7, 11) is 1.41. The number of esters is 1. The monoisotopic (exact) mass is 246 g/mol. The third kappa shape index (κ3) is 4.51. The van der Waals surface area contributed by atoms with Crippen LogP contribution < -0.4 is 0 Å². The highest BCUT2D eigenvalue weighted by Gasteiger charge is 2.21. The van der Waals surface area contributed by atoms with Gasteiger partial charge in [0.1, 0.15) is 0 Å². The fourth-order valence-electron chi connectivity index (χ4n) is 1.44. The first-order valence-electron chi connectivity index (χ1n) is 5.27. The summed E-state index contributed by atoms with van der Waals surface area (Å²) in [5, 5.41) is 0. The molecule has 0 bridgehead atoms. The van der Waals surface area contributed by atoms with Crippen LogP contribution >= 0.6 is 23.5 Å². The number of thioether (sulfide) groups is 2. The van der Waals surface area contributed by atoms with Crippen molar-refractivity contribution >= 4 is 29.5 Å². The van der Waals surface area contributed by atoms with Gasteiger partial charge in [-0.15, -0.1) is 23.5 Å². The van der Waals surface area contributed by atoms with Crippen LogP contribution in [0.15, 0.2) is 12.2 Å². The summed E-state index contributed by atoms with van der Waals surface area (Å²) in [5.41, 5.74) is 0. The van der Waals surface area contributed by atoms with Crippen molar-refractivity contribution in [2.45, 2.75) is 24.3 Å². The van der Waals surface area contributed by atoms with Crippen molar-refractivity contribution in [1.29, 1.82) is 0 Å². The number of carbonyl (C=O) groups excluding carboxylic acids is 1. The van der Waals surface area contributed by atoms with Crippen LogP contribution in [0.1, 0.15) is 19.8 Å². The normalized spacial score (nSPS) is 20.4. The van der Waals surface area contributed by atoms with E-state index in [2.05, 4.69) is 11.7 Å². The van der Waals surface area contributed by atoms with Crippen LogP contribution in [0.5, 0.6) is 0 Å². The number of rotatable bonds is 4. The number of hydrogen-bond acceptors (Lipinski definition) is 4. The van der Waals surface area contributed by atoms with E-state index in [1.165, 1.54) is 25.0 Å². The zero-order chi connectivity index (χ0) is 11.1. The Bertz CT molecular complexity index is 223. The first kappa shape index (κ1) is 13.0. The molecule has 1 aliphatic rings. The van der Waals surface area contributed by atoms with Gasteiger partial charge in [0.2, 0.25) is 0 Å². The molecule has 0 saturated carbocycles. The lowest BCUT2D eigenvalue weighted by Crippen LogP contribution is -2.16. The van der Waals surface area contributed by atoms with E-state index in [1.54, 1.807) is 6.08 Å². The highest BCUT2D eigenvalue weighted by atomic mass is 32.2. The summed E-state index contributed by atoms with van der Waals surface area (Å²) in [4.78, 5) is 11.0. The Labute approximate surface area is 100 Å². The molecule has 0 aromatic heterocycles. The molecule has 1 aliphatic heterocycles. The van der Waals surface area contributed by atoms with Crippen molar-refractivity contribution in [3.63, 3.8) is 0 Å². The molecule has 15 heavy (non-hydrogen) atoms. The molecule has 0 aromatic rings. The number of allylic oxidation sites excluding steroid dienone is 1. The van der Waals surface area contributed by atoms with Gasteiger partial charge in [0.05, 0.1) is 11.7 Å². The molecule has 86 valence electrons. The van der Waals surface area contributed by atoms with Gasteiger partial charge in [-0.1, -0.05) is 13.0 Å². The van der Waals surface area contributed by atoms with E-state index < -0.39 is 0 Å². The molecule has 1 fully saturated rings. The Kier molecular flexibility index (Phi) is 6.25. The van der Waals surface area contributed by atoms with E-state index in [0.717, 1.165) is 6.42 Å². The van der Waals surface area contributed by atoms with Crippen LogP contribution in [-0.2, 0) is 9.53 Å². The van der Waals surface area contributed by atoms with E-state index in [9.17, 15) is 4.79 Å². The molecule has 1 heterocycles. The quantitative estimate of drug-likeness (QED) is 0.563. The minimum atomic E-state index is -0.251. The van der Waals surface area contributed by atoms with Crippen molar-refractivity contribution in [2.75, 3.05) is 18.6 Å². The molecule has 1 rings (SSSR count).